The minimum atomic E-state index is -0.315. The van der Waals surface area contributed by atoms with E-state index in [2.05, 4.69) is 20.6 Å². The standard InChI is InChI=1S/C23H22FN5O/c1-30-22-7-4-17(24)9-16(22)14-28-23-11-20(25)19-10-18(5-6-21(19)29-23)27-13-15-3-2-8-26-12-15/h2-12,27H,13-14H2,1H3,(H3,25,28,29). The van der Waals surface area contributed by atoms with Crippen LogP contribution in [0.25, 0.3) is 10.9 Å². The molecule has 0 saturated carbocycles. The Morgan fingerprint density at radius 1 is 1.03 bits per heavy atom. The number of benzene rings is 2. The maximum absolute atomic E-state index is 13.6. The smallest absolute Gasteiger partial charge is 0.128 e. The first-order valence-corrected chi connectivity index (χ1v) is 9.52. The van der Waals surface area contributed by atoms with Crippen molar-refractivity contribution >= 4 is 28.1 Å². The van der Waals surface area contributed by atoms with Gasteiger partial charge in [-0.1, -0.05) is 6.07 Å². The first kappa shape index (κ1) is 19.4. The highest BCUT2D eigenvalue weighted by Gasteiger charge is 2.08. The van der Waals surface area contributed by atoms with Crippen molar-refractivity contribution < 1.29 is 9.13 Å². The molecule has 30 heavy (non-hydrogen) atoms. The van der Waals surface area contributed by atoms with Crippen LogP contribution in [0.15, 0.2) is 67.0 Å². The fourth-order valence-electron chi connectivity index (χ4n) is 3.23. The summed E-state index contributed by atoms with van der Waals surface area (Å²) in [7, 11) is 1.56. The molecule has 2 aromatic heterocycles. The lowest BCUT2D eigenvalue weighted by atomic mass is 10.1. The van der Waals surface area contributed by atoms with Crippen LogP contribution in [0.4, 0.5) is 21.6 Å². The Balaban J connectivity index is 1.50. The number of nitrogens with one attached hydrogen (secondary N) is 2. The minimum absolute atomic E-state index is 0.315. The van der Waals surface area contributed by atoms with Crippen LogP contribution in [0.5, 0.6) is 5.75 Å². The molecular formula is C23H22FN5O. The molecule has 0 spiro atoms. The third kappa shape index (κ3) is 4.41. The van der Waals surface area contributed by atoms with Gasteiger partial charge in [-0.2, -0.15) is 0 Å². The fraction of sp³-hybridized carbons (Fsp3) is 0.130. The molecule has 0 amide bonds. The number of nitrogen functional groups attached to an aromatic ring is 1. The first-order valence-electron chi connectivity index (χ1n) is 9.52. The Kier molecular flexibility index (Phi) is 5.61. The number of rotatable bonds is 7. The zero-order chi connectivity index (χ0) is 20.9. The van der Waals surface area contributed by atoms with Crippen LogP contribution < -0.4 is 21.1 Å². The van der Waals surface area contributed by atoms with E-state index in [4.69, 9.17) is 10.5 Å². The summed E-state index contributed by atoms with van der Waals surface area (Å²) < 4.78 is 18.9. The molecule has 152 valence electrons. The predicted octanol–water partition coefficient (Wildman–Crippen LogP) is 4.58. The van der Waals surface area contributed by atoms with Gasteiger partial charge in [-0.15, -0.1) is 0 Å². The number of halogens is 1. The van der Waals surface area contributed by atoms with Crippen LogP contribution in [-0.4, -0.2) is 17.1 Å². The van der Waals surface area contributed by atoms with Gasteiger partial charge >= 0.3 is 0 Å². The zero-order valence-electron chi connectivity index (χ0n) is 16.5. The van der Waals surface area contributed by atoms with Crippen LogP contribution in [0.2, 0.25) is 0 Å². The van der Waals surface area contributed by atoms with Gasteiger partial charge in [0.2, 0.25) is 0 Å². The topological polar surface area (TPSA) is 85.1 Å². The summed E-state index contributed by atoms with van der Waals surface area (Å²) in [5, 5.41) is 7.43. The van der Waals surface area contributed by atoms with E-state index in [1.807, 2.05) is 36.5 Å². The van der Waals surface area contributed by atoms with E-state index in [1.165, 1.54) is 12.1 Å². The molecule has 0 aliphatic carbocycles. The summed E-state index contributed by atoms with van der Waals surface area (Å²) in [6.07, 6.45) is 3.58. The van der Waals surface area contributed by atoms with Gasteiger partial charge in [-0.3, -0.25) is 4.98 Å². The Bertz CT molecular complexity index is 1170. The van der Waals surface area contributed by atoms with Crippen molar-refractivity contribution in [2.45, 2.75) is 13.1 Å². The van der Waals surface area contributed by atoms with E-state index >= 15 is 0 Å². The van der Waals surface area contributed by atoms with Crippen molar-refractivity contribution in [2.75, 3.05) is 23.5 Å². The number of fused-ring (bicyclic) bond motifs is 1. The van der Waals surface area contributed by atoms with E-state index in [1.54, 1.807) is 25.4 Å². The van der Waals surface area contributed by atoms with Crippen LogP contribution in [0, 0.1) is 5.82 Å². The number of pyridine rings is 2. The fourth-order valence-corrected chi connectivity index (χ4v) is 3.23. The van der Waals surface area contributed by atoms with Crippen molar-refractivity contribution in [3.05, 3.63) is 83.9 Å². The summed E-state index contributed by atoms with van der Waals surface area (Å²) in [4.78, 5) is 8.75. The Labute approximate surface area is 173 Å². The quantitative estimate of drug-likeness (QED) is 0.419. The van der Waals surface area contributed by atoms with Crippen molar-refractivity contribution in [1.29, 1.82) is 0 Å². The third-order valence-electron chi connectivity index (χ3n) is 4.76. The average Bonchev–Trinajstić information content (AvgIpc) is 2.77. The van der Waals surface area contributed by atoms with Gasteiger partial charge in [0.25, 0.3) is 0 Å². The van der Waals surface area contributed by atoms with E-state index in [0.29, 0.717) is 35.9 Å². The normalized spacial score (nSPS) is 10.7. The second kappa shape index (κ2) is 8.65. The lowest BCUT2D eigenvalue weighted by Crippen LogP contribution is -2.05. The van der Waals surface area contributed by atoms with Gasteiger partial charge in [0, 0.05) is 53.9 Å². The van der Waals surface area contributed by atoms with E-state index < -0.39 is 0 Å². The van der Waals surface area contributed by atoms with Gasteiger partial charge in [-0.25, -0.2) is 9.37 Å². The van der Waals surface area contributed by atoms with Crippen LogP contribution in [0.3, 0.4) is 0 Å². The summed E-state index contributed by atoms with van der Waals surface area (Å²) in [6.45, 7) is 1.03. The van der Waals surface area contributed by atoms with E-state index in [0.717, 1.165) is 22.2 Å². The predicted molar refractivity (Wildman–Crippen MR) is 118 cm³/mol. The number of nitrogens with zero attached hydrogens (tertiary/aromatic N) is 2. The number of hydrogen-bond acceptors (Lipinski definition) is 6. The van der Waals surface area contributed by atoms with Crippen molar-refractivity contribution in [3.63, 3.8) is 0 Å². The van der Waals surface area contributed by atoms with Gasteiger partial charge in [-0.05, 0) is 48.0 Å². The van der Waals surface area contributed by atoms with Gasteiger partial charge in [0.05, 0.1) is 12.6 Å². The summed E-state index contributed by atoms with van der Waals surface area (Å²) in [6, 6.07) is 16.0. The average molecular weight is 403 g/mol. The number of ether oxygens (including phenoxy) is 1. The van der Waals surface area contributed by atoms with Crippen LogP contribution >= 0.6 is 0 Å². The molecule has 4 rings (SSSR count). The molecule has 6 nitrogen and oxygen atoms in total. The molecule has 2 aromatic carbocycles. The molecule has 4 aromatic rings. The summed E-state index contributed by atoms with van der Waals surface area (Å²) in [5.74, 6) is 0.911. The summed E-state index contributed by atoms with van der Waals surface area (Å²) in [5.41, 5.74) is 10.4. The third-order valence-corrected chi connectivity index (χ3v) is 4.76. The highest BCUT2D eigenvalue weighted by molar-refractivity contribution is 5.94. The monoisotopic (exact) mass is 403 g/mol. The Morgan fingerprint density at radius 2 is 1.93 bits per heavy atom. The van der Waals surface area contributed by atoms with Gasteiger partial charge in [0.1, 0.15) is 17.4 Å². The number of anilines is 3. The van der Waals surface area contributed by atoms with Crippen LogP contribution in [-0.2, 0) is 13.1 Å². The second-order valence-electron chi connectivity index (χ2n) is 6.85. The SMILES string of the molecule is COc1ccc(F)cc1CNc1cc(N)c2cc(NCc3cccnc3)ccc2n1. The zero-order valence-corrected chi connectivity index (χ0v) is 16.5. The number of hydrogen-bond donors (Lipinski definition) is 3. The molecule has 0 aliphatic heterocycles. The molecule has 0 aliphatic rings. The van der Waals surface area contributed by atoms with E-state index in [-0.39, 0.29) is 5.82 Å². The lowest BCUT2D eigenvalue weighted by molar-refractivity contribution is 0.409. The van der Waals surface area contributed by atoms with Gasteiger partial charge in [0.15, 0.2) is 0 Å². The molecular weight excluding hydrogens is 381 g/mol. The second-order valence-corrected chi connectivity index (χ2v) is 6.85. The van der Waals surface area contributed by atoms with Crippen molar-refractivity contribution in [3.8, 4) is 5.75 Å². The van der Waals surface area contributed by atoms with Crippen molar-refractivity contribution in [2.24, 2.45) is 0 Å². The molecule has 2 heterocycles. The highest BCUT2D eigenvalue weighted by Crippen LogP contribution is 2.27. The summed E-state index contributed by atoms with van der Waals surface area (Å²) >= 11 is 0. The molecule has 0 fully saturated rings. The van der Waals surface area contributed by atoms with Crippen LogP contribution in [0.1, 0.15) is 11.1 Å². The van der Waals surface area contributed by atoms with Crippen molar-refractivity contribution in [1.82, 2.24) is 9.97 Å². The molecule has 4 N–H and O–H groups in total. The number of aromatic nitrogens is 2. The molecule has 0 unspecified atom stereocenters. The number of methoxy groups -OCH3 is 1. The molecule has 0 radical (unpaired) electrons. The number of nitrogens with two attached hydrogens (primary N) is 1. The maximum Gasteiger partial charge on any atom is 0.128 e. The molecule has 0 saturated heterocycles. The molecule has 0 atom stereocenters. The Hall–Kier alpha value is -3.87. The maximum atomic E-state index is 13.6. The molecule has 7 heteroatoms. The largest absolute Gasteiger partial charge is 0.496 e. The molecule has 0 bridgehead atoms. The Morgan fingerprint density at radius 3 is 2.73 bits per heavy atom. The lowest BCUT2D eigenvalue weighted by Gasteiger charge is -2.13. The highest BCUT2D eigenvalue weighted by atomic mass is 19.1. The first-order chi connectivity index (χ1) is 14.6. The van der Waals surface area contributed by atoms with E-state index in [9.17, 15) is 4.39 Å². The minimum Gasteiger partial charge on any atom is -0.496 e. The van der Waals surface area contributed by atoms with Gasteiger partial charge < -0.3 is 21.1 Å².